The Morgan fingerprint density at radius 3 is 2.89 bits per heavy atom. The van der Waals surface area contributed by atoms with Crippen molar-refractivity contribution in [1.82, 2.24) is 0 Å². The van der Waals surface area contributed by atoms with Gasteiger partial charge < -0.3 is 4.79 Å². The van der Waals surface area contributed by atoms with Crippen molar-refractivity contribution >= 4 is 12.5 Å². The zero-order chi connectivity index (χ0) is 6.95. The van der Waals surface area contributed by atoms with Crippen molar-refractivity contribution in [1.29, 1.82) is 0 Å². The molecular weight excluding hydrogens is 114 g/mol. The summed E-state index contributed by atoms with van der Waals surface area (Å²) >= 11 is 0. The average Bonchev–Trinajstić information content (AvgIpc) is 1.89. The number of rotatable bonds is 4. The summed E-state index contributed by atoms with van der Waals surface area (Å²) in [5.74, 6) is 0. The van der Waals surface area contributed by atoms with Gasteiger partial charge in [-0.05, 0) is 13.0 Å². The third-order valence-electron chi connectivity index (χ3n) is 0.742. The predicted molar refractivity (Wildman–Crippen MR) is 38.9 cm³/mol. The Labute approximate surface area is 55.3 Å². The highest BCUT2D eigenvalue weighted by Crippen LogP contribution is 1.74. The smallest absolute Gasteiger partial charge is 0.123 e. The van der Waals surface area contributed by atoms with E-state index in [1.165, 1.54) is 0 Å². The zero-order valence-corrected chi connectivity index (χ0v) is 5.58. The van der Waals surface area contributed by atoms with Crippen LogP contribution in [0.15, 0.2) is 17.1 Å². The minimum Gasteiger partial charge on any atom is -0.303 e. The van der Waals surface area contributed by atoms with Gasteiger partial charge in [0.25, 0.3) is 0 Å². The molecule has 0 aliphatic carbocycles. The van der Waals surface area contributed by atoms with Crippen molar-refractivity contribution in [3.63, 3.8) is 0 Å². The van der Waals surface area contributed by atoms with E-state index >= 15 is 0 Å². The highest BCUT2D eigenvalue weighted by atomic mass is 16.1. The van der Waals surface area contributed by atoms with Crippen LogP contribution in [0, 0.1) is 0 Å². The number of hydrogen-bond donors (Lipinski definition) is 0. The van der Waals surface area contributed by atoms with Crippen LogP contribution in [0.25, 0.3) is 0 Å². The van der Waals surface area contributed by atoms with Crippen LogP contribution in [-0.2, 0) is 4.79 Å². The quantitative estimate of drug-likeness (QED) is 0.410. The van der Waals surface area contributed by atoms with Crippen molar-refractivity contribution in [2.75, 3.05) is 6.54 Å². The molecule has 0 atom stereocenters. The van der Waals surface area contributed by atoms with Crippen LogP contribution in [-0.4, -0.2) is 19.0 Å². The van der Waals surface area contributed by atoms with Crippen molar-refractivity contribution in [2.45, 2.75) is 13.3 Å². The largest absolute Gasteiger partial charge is 0.303 e. The second-order valence-corrected chi connectivity index (χ2v) is 1.48. The normalized spacial score (nSPS) is 11.2. The molecular formula is C7H11NO. The van der Waals surface area contributed by atoms with Gasteiger partial charge in [-0.15, -0.1) is 0 Å². The number of aliphatic imine (C=N–C) groups is 1. The third-order valence-corrected chi connectivity index (χ3v) is 0.742. The van der Waals surface area contributed by atoms with Gasteiger partial charge in [-0.2, -0.15) is 0 Å². The van der Waals surface area contributed by atoms with Crippen molar-refractivity contribution in [2.24, 2.45) is 4.99 Å². The maximum absolute atomic E-state index is 9.74. The molecule has 0 N–H and O–H groups in total. The van der Waals surface area contributed by atoms with Crippen molar-refractivity contribution < 1.29 is 4.79 Å². The Hall–Kier alpha value is -0.920. The van der Waals surface area contributed by atoms with Crippen LogP contribution in [0.1, 0.15) is 13.3 Å². The summed E-state index contributed by atoms with van der Waals surface area (Å²) < 4.78 is 0. The van der Waals surface area contributed by atoms with Crippen LogP contribution in [0.2, 0.25) is 0 Å². The second-order valence-electron chi connectivity index (χ2n) is 1.48. The zero-order valence-electron chi connectivity index (χ0n) is 5.58. The number of carbonyl (C=O) groups is 1. The lowest BCUT2D eigenvalue weighted by Gasteiger charge is -1.75. The summed E-state index contributed by atoms with van der Waals surface area (Å²) in [6.07, 6.45) is 6.58. The standard InChI is InChI=1S/C7H11NO/c1-2-8-6-4-3-5-7-9/h3-4,6-7H,2,5H2,1H3/b4-3-,8-6?. The summed E-state index contributed by atoms with van der Waals surface area (Å²) in [6, 6.07) is 0. The Morgan fingerprint density at radius 2 is 2.33 bits per heavy atom. The molecule has 0 aromatic carbocycles. The summed E-state index contributed by atoms with van der Waals surface area (Å²) in [5, 5.41) is 0. The molecule has 0 saturated heterocycles. The lowest BCUT2D eigenvalue weighted by atomic mass is 10.4. The molecule has 0 rings (SSSR count). The van der Waals surface area contributed by atoms with E-state index in [0.29, 0.717) is 6.42 Å². The fraction of sp³-hybridized carbons (Fsp3) is 0.429. The van der Waals surface area contributed by atoms with Gasteiger partial charge in [-0.1, -0.05) is 6.08 Å². The van der Waals surface area contributed by atoms with Gasteiger partial charge in [0.15, 0.2) is 0 Å². The lowest BCUT2D eigenvalue weighted by Crippen LogP contribution is -1.70. The molecule has 0 aliphatic rings. The molecule has 50 valence electrons. The molecule has 0 aromatic rings. The van der Waals surface area contributed by atoms with E-state index in [1.54, 1.807) is 18.4 Å². The van der Waals surface area contributed by atoms with Crippen molar-refractivity contribution in [3.8, 4) is 0 Å². The van der Waals surface area contributed by atoms with Gasteiger partial charge in [0.05, 0.1) is 0 Å². The van der Waals surface area contributed by atoms with Crippen molar-refractivity contribution in [3.05, 3.63) is 12.2 Å². The summed E-state index contributed by atoms with van der Waals surface area (Å²) in [5.41, 5.74) is 0. The fourth-order valence-electron chi connectivity index (χ4n) is 0.361. The summed E-state index contributed by atoms with van der Waals surface area (Å²) in [4.78, 5) is 13.7. The van der Waals surface area contributed by atoms with E-state index in [9.17, 15) is 4.79 Å². The lowest BCUT2D eigenvalue weighted by molar-refractivity contribution is -0.107. The molecule has 0 spiro atoms. The Balaban J connectivity index is 3.23. The second kappa shape index (κ2) is 7.08. The number of hydrogen-bond acceptors (Lipinski definition) is 2. The topological polar surface area (TPSA) is 29.4 Å². The first-order chi connectivity index (χ1) is 4.41. The minimum absolute atomic E-state index is 0.482. The fourth-order valence-corrected chi connectivity index (χ4v) is 0.361. The Kier molecular flexibility index (Phi) is 6.36. The molecule has 0 amide bonds. The molecule has 0 radical (unpaired) electrons. The highest BCUT2D eigenvalue weighted by Gasteiger charge is 1.67. The molecule has 0 fully saturated rings. The number of allylic oxidation sites excluding steroid dienone is 2. The van der Waals surface area contributed by atoms with Gasteiger partial charge in [-0.25, -0.2) is 0 Å². The third kappa shape index (κ3) is 7.08. The first-order valence-electron chi connectivity index (χ1n) is 3.00. The Bertz CT molecular complexity index is 116. The summed E-state index contributed by atoms with van der Waals surface area (Å²) in [6.45, 7) is 2.76. The molecule has 9 heavy (non-hydrogen) atoms. The first kappa shape index (κ1) is 8.08. The van der Waals surface area contributed by atoms with Crippen LogP contribution >= 0.6 is 0 Å². The molecule has 0 aliphatic heterocycles. The van der Waals surface area contributed by atoms with Gasteiger partial charge in [-0.3, -0.25) is 4.99 Å². The van der Waals surface area contributed by atoms with Gasteiger partial charge in [0.1, 0.15) is 6.29 Å². The van der Waals surface area contributed by atoms with Crippen LogP contribution in [0.5, 0.6) is 0 Å². The monoisotopic (exact) mass is 125 g/mol. The molecule has 0 saturated carbocycles. The maximum atomic E-state index is 9.74. The van der Waals surface area contributed by atoms with E-state index < -0.39 is 0 Å². The van der Waals surface area contributed by atoms with Gasteiger partial charge in [0.2, 0.25) is 0 Å². The highest BCUT2D eigenvalue weighted by molar-refractivity contribution is 5.71. The SMILES string of the molecule is CCN=C/C=C\CC=O. The molecule has 0 heterocycles. The number of aldehydes is 1. The van der Waals surface area contributed by atoms with E-state index in [1.807, 2.05) is 6.92 Å². The molecule has 2 nitrogen and oxygen atoms in total. The minimum atomic E-state index is 0.482. The van der Waals surface area contributed by atoms with E-state index in [2.05, 4.69) is 4.99 Å². The van der Waals surface area contributed by atoms with E-state index in [0.717, 1.165) is 12.8 Å². The molecule has 0 unspecified atom stereocenters. The maximum Gasteiger partial charge on any atom is 0.123 e. The predicted octanol–water partition coefficient (Wildman–Crippen LogP) is 1.22. The van der Waals surface area contributed by atoms with Gasteiger partial charge >= 0.3 is 0 Å². The first-order valence-corrected chi connectivity index (χ1v) is 3.00. The average molecular weight is 125 g/mol. The van der Waals surface area contributed by atoms with E-state index in [-0.39, 0.29) is 0 Å². The number of nitrogens with zero attached hydrogens (tertiary/aromatic N) is 1. The van der Waals surface area contributed by atoms with Crippen LogP contribution in [0.3, 0.4) is 0 Å². The molecule has 2 heteroatoms. The molecule has 0 bridgehead atoms. The number of carbonyl (C=O) groups excluding carboxylic acids is 1. The van der Waals surface area contributed by atoms with Gasteiger partial charge in [0, 0.05) is 19.2 Å². The van der Waals surface area contributed by atoms with Crippen LogP contribution in [0.4, 0.5) is 0 Å². The molecule has 0 aromatic heterocycles. The van der Waals surface area contributed by atoms with E-state index in [4.69, 9.17) is 0 Å². The Morgan fingerprint density at radius 1 is 1.56 bits per heavy atom. The van der Waals surface area contributed by atoms with Crippen LogP contribution < -0.4 is 0 Å². The summed E-state index contributed by atoms with van der Waals surface area (Å²) in [7, 11) is 0.